The van der Waals surface area contributed by atoms with Crippen molar-refractivity contribution in [3.05, 3.63) is 170 Å². The van der Waals surface area contributed by atoms with E-state index in [0.29, 0.717) is 10.6 Å². The van der Waals surface area contributed by atoms with E-state index in [-0.39, 0.29) is 17.1 Å². The van der Waals surface area contributed by atoms with Gasteiger partial charge < -0.3 is 68.3 Å². The van der Waals surface area contributed by atoms with Crippen LogP contribution in [0.25, 0.3) is 0 Å². The van der Waals surface area contributed by atoms with Gasteiger partial charge in [0.25, 0.3) is 0 Å². The van der Waals surface area contributed by atoms with Gasteiger partial charge >= 0.3 is 17.1 Å². The Kier molecular flexibility index (Phi) is 9.58. The summed E-state index contributed by atoms with van der Waals surface area (Å²) in [6, 6.07) is 60.1. The fourth-order valence-electron chi connectivity index (χ4n) is 4.11. The molecule has 0 atom stereocenters. The van der Waals surface area contributed by atoms with Crippen molar-refractivity contribution < 1.29 is 26.2 Å². The molecule has 6 aromatic rings. The molecular formula is C34H20FeO2P2-8. The zero-order valence-electron chi connectivity index (χ0n) is 20.6. The van der Waals surface area contributed by atoms with Crippen LogP contribution >= 0.6 is 14.3 Å². The molecule has 0 aliphatic carbocycles. The topological polar surface area (TPSA) is 34.1 Å². The summed E-state index contributed by atoms with van der Waals surface area (Å²) in [5.74, 6) is 0. The third-order valence-corrected chi connectivity index (χ3v) is 11.8. The van der Waals surface area contributed by atoms with Crippen molar-refractivity contribution in [2.24, 2.45) is 0 Å². The summed E-state index contributed by atoms with van der Waals surface area (Å²) in [7, 11) is -5.80. The van der Waals surface area contributed by atoms with E-state index in [1.54, 1.807) is 0 Å². The third-order valence-electron chi connectivity index (χ3n) is 5.96. The molecule has 0 saturated carbocycles. The predicted octanol–water partition coefficient (Wildman–Crippen LogP) is 4.49. The Balaban J connectivity index is 0.000000176. The molecule has 6 aromatic carbocycles. The van der Waals surface area contributed by atoms with E-state index in [9.17, 15) is 9.13 Å². The molecule has 0 aliphatic heterocycles. The van der Waals surface area contributed by atoms with Crippen LogP contribution in [0.2, 0.25) is 0 Å². The van der Waals surface area contributed by atoms with Gasteiger partial charge in [-0.05, 0) is 35.5 Å². The second-order valence-electron chi connectivity index (χ2n) is 8.26. The van der Waals surface area contributed by atoms with Crippen LogP contribution in [0.4, 0.5) is 0 Å². The second kappa shape index (κ2) is 13.1. The van der Waals surface area contributed by atoms with Crippen LogP contribution in [0.15, 0.2) is 121 Å². The summed E-state index contributed by atoms with van der Waals surface area (Å²) >= 11 is 0. The monoisotopic (exact) mass is 578 g/mol. The average molecular weight is 578 g/mol. The molecule has 0 N–H and O–H groups in total. The van der Waals surface area contributed by atoms with Crippen LogP contribution in [0, 0.1) is 48.5 Å². The Morgan fingerprint density at radius 1 is 0.385 bits per heavy atom. The third kappa shape index (κ3) is 5.94. The van der Waals surface area contributed by atoms with Crippen LogP contribution in [0.3, 0.4) is 0 Å². The van der Waals surface area contributed by atoms with Crippen LogP contribution in [-0.4, -0.2) is 0 Å². The quantitative estimate of drug-likeness (QED) is 0.166. The van der Waals surface area contributed by atoms with Gasteiger partial charge in [-0.2, -0.15) is 0 Å². The molecule has 0 aliphatic rings. The minimum absolute atomic E-state index is 0. The normalized spacial score (nSPS) is 11.1. The Bertz CT molecular complexity index is 1420. The van der Waals surface area contributed by atoms with Crippen molar-refractivity contribution in [2.75, 3.05) is 0 Å². The first-order valence-corrected chi connectivity index (χ1v) is 15.3. The van der Waals surface area contributed by atoms with E-state index in [1.807, 2.05) is 121 Å². The first kappa shape index (κ1) is 28.6. The van der Waals surface area contributed by atoms with Gasteiger partial charge in [0.15, 0.2) is 0 Å². The predicted molar refractivity (Wildman–Crippen MR) is 154 cm³/mol. The molecular weight excluding hydrogens is 558 g/mol. The number of rotatable bonds is 6. The molecule has 39 heavy (non-hydrogen) atoms. The fraction of sp³-hybridized carbons (Fsp3) is 0. The zero-order valence-corrected chi connectivity index (χ0v) is 23.5. The molecule has 0 unspecified atom stereocenters. The van der Waals surface area contributed by atoms with Gasteiger partial charge in [-0.1, -0.05) is 121 Å². The van der Waals surface area contributed by atoms with E-state index < -0.39 is 14.3 Å². The van der Waals surface area contributed by atoms with Crippen molar-refractivity contribution in [3.63, 3.8) is 0 Å². The standard InChI is InChI=1S/2C17H10OP.Fe/c2*18-19(17-13-7-8-14-17,15-9-3-1-4-10-15)16-11-5-2-6-12-16;/h2*1-6,9-12H;/q2*-5;+2. The maximum atomic E-state index is 13.6. The van der Waals surface area contributed by atoms with Crippen LogP contribution < -0.4 is 31.8 Å². The largest absolute Gasteiger partial charge is 2.00 e. The van der Waals surface area contributed by atoms with Gasteiger partial charge in [-0.15, -0.1) is 0 Å². The number of benzene rings is 4. The number of hydrogen-bond donors (Lipinski definition) is 0. The Labute approximate surface area is 241 Å². The maximum Gasteiger partial charge on any atom is 2.00 e. The van der Waals surface area contributed by atoms with Crippen LogP contribution in [-0.2, 0) is 26.2 Å². The first-order valence-electron chi connectivity index (χ1n) is 11.8. The van der Waals surface area contributed by atoms with Crippen LogP contribution in [0.5, 0.6) is 0 Å². The van der Waals surface area contributed by atoms with Gasteiger partial charge in [-0.3, -0.25) is 0 Å². The summed E-state index contributed by atoms with van der Waals surface area (Å²) in [4.78, 5) is 0. The van der Waals surface area contributed by atoms with E-state index in [2.05, 4.69) is 48.5 Å². The van der Waals surface area contributed by atoms with E-state index in [1.165, 1.54) is 0 Å². The molecule has 0 bridgehead atoms. The molecule has 0 fully saturated rings. The second-order valence-corrected chi connectivity index (χ2v) is 13.7. The van der Waals surface area contributed by atoms with Gasteiger partial charge in [0.2, 0.25) is 0 Å². The van der Waals surface area contributed by atoms with Gasteiger partial charge in [0.05, 0.1) is 0 Å². The van der Waals surface area contributed by atoms with Crippen molar-refractivity contribution in [1.29, 1.82) is 0 Å². The van der Waals surface area contributed by atoms with E-state index in [0.717, 1.165) is 21.2 Å². The molecule has 0 amide bonds. The summed E-state index contributed by atoms with van der Waals surface area (Å²) in [5.41, 5.74) is 0. The average Bonchev–Trinajstić information content (AvgIpc) is 3.75. The molecule has 0 saturated heterocycles. The van der Waals surface area contributed by atoms with Gasteiger partial charge in [0, 0.05) is 0 Å². The molecule has 0 radical (unpaired) electrons. The molecule has 194 valence electrons. The molecule has 6 rings (SSSR count). The van der Waals surface area contributed by atoms with Crippen molar-refractivity contribution in [3.8, 4) is 0 Å². The summed E-state index contributed by atoms with van der Waals surface area (Å²) in [6.07, 6.45) is 0. The SMILES string of the molecule is O=P(c1ccccc1)(c1ccccc1)[c-]1[c-][c-][c-][c-]1.O=P(c1ccccc1)(c1ccccc1)[c-]1[c-][c-][c-][c-]1.[Fe+2]. The van der Waals surface area contributed by atoms with Crippen molar-refractivity contribution in [2.45, 2.75) is 0 Å². The molecule has 0 aromatic heterocycles. The van der Waals surface area contributed by atoms with Crippen molar-refractivity contribution >= 4 is 46.1 Å². The Morgan fingerprint density at radius 2 is 0.590 bits per heavy atom. The van der Waals surface area contributed by atoms with Gasteiger partial charge in [-0.25, -0.2) is 0 Å². The van der Waals surface area contributed by atoms with Gasteiger partial charge in [0.1, 0.15) is 0 Å². The summed E-state index contributed by atoms with van der Waals surface area (Å²) < 4.78 is 27.2. The van der Waals surface area contributed by atoms with E-state index in [4.69, 9.17) is 0 Å². The van der Waals surface area contributed by atoms with Crippen LogP contribution in [0.1, 0.15) is 0 Å². The molecule has 0 spiro atoms. The minimum atomic E-state index is -2.90. The molecule has 5 heteroatoms. The molecule has 2 nitrogen and oxygen atoms in total. The Morgan fingerprint density at radius 3 is 0.795 bits per heavy atom. The van der Waals surface area contributed by atoms with Crippen molar-refractivity contribution in [1.82, 2.24) is 0 Å². The summed E-state index contributed by atoms with van der Waals surface area (Å²) in [5, 5.41) is 4.18. The number of hydrogen-bond acceptors (Lipinski definition) is 2. The molecule has 0 heterocycles. The fourth-order valence-corrected chi connectivity index (χ4v) is 8.96. The zero-order chi connectivity index (χ0) is 26.3. The Hall–Kier alpha value is -3.44. The van der Waals surface area contributed by atoms with E-state index >= 15 is 0 Å². The minimum Gasteiger partial charge on any atom is -0.998 e. The smallest absolute Gasteiger partial charge is 0.998 e. The maximum absolute atomic E-state index is 13.6. The first-order chi connectivity index (χ1) is 18.6. The summed E-state index contributed by atoms with van der Waals surface area (Å²) in [6.45, 7) is 0.